The molecule has 2 heterocycles. The number of ether oxygens (including phenoxy) is 2. The molecule has 1 amide bonds. The first-order valence-electron chi connectivity index (χ1n) is 10.2. The van der Waals surface area contributed by atoms with Crippen LogP contribution in [0.1, 0.15) is 48.2 Å². The number of nitrogens with zero attached hydrogens (tertiary/aromatic N) is 2. The van der Waals surface area contributed by atoms with Gasteiger partial charge in [0.1, 0.15) is 22.1 Å². The highest BCUT2D eigenvalue weighted by atomic mass is 32.1. The second-order valence-corrected chi connectivity index (χ2v) is 8.50. The average molecular weight is 419 g/mol. The van der Waals surface area contributed by atoms with Gasteiger partial charge in [-0.3, -0.25) is 4.79 Å². The van der Waals surface area contributed by atoms with Gasteiger partial charge in [-0.25, -0.2) is 4.98 Å². The molecule has 1 aromatic carbocycles. The molecule has 0 unspecified atom stereocenters. The van der Waals surface area contributed by atoms with Crippen LogP contribution < -0.4 is 9.47 Å². The lowest BCUT2D eigenvalue weighted by Crippen LogP contribution is -2.33. The molecule has 158 valence electrons. The van der Waals surface area contributed by atoms with Crippen LogP contribution in [-0.4, -0.2) is 47.7 Å². The quantitative estimate of drug-likeness (QED) is 0.742. The number of hydrogen-bond acceptors (Lipinski definition) is 6. The number of carbonyl (C=O) groups excluding carboxylic acids is 1. The van der Waals surface area contributed by atoms with E-state index in [2.05, 4.69) is 4.98 Å². The predicted octanol–water partition coefficient (Wildman–Crippen LogP) is 3.69. The Kier molecular flexibility index (Phi) is 7.14. The van der Waals surface area contributed by atoms with Crippen molar-refractivity contribution < 1.29 is 19.4 Å². The molecule has 1 N–H and O–H groups in total. The molecule has 0 bridgehead atoms. The summed E-state index contributed by atoms with van der Waals surface area (Å²) in [5, 5.41) is 12.0. The number of methoxy groups -OCH3 is 1. The highest BCUT2D eigenvalue weighted by Gasteiger charge is 2.36. The van der Waals surface area contributed by atoms with E-state index in [4.69, 9.17) is 9.47 Å². The first-order valence-corrected chi connectivity index (χ1v) is 11.0. The van der Waals surface area contributed by atoms with Gasteiger partial charge < -0.3 is 19.5 Å². The number of hydrogen-bond donors (Lipinski definition) is 1. The summed E-state index contributed by atoms with van der Waals surface area (Å²) in [6.07, 6.45) is 3.21. The van der Waals surface area contributed by atoms with Crippen LogP contribution in [-0.2, 0) is 16.8 Å². The number of aromatic nitrogens is 1. The Hall–Kier alpha value is -2.12. The monoisotopic (exact) mass is 418 g/mol. The molecule has 1 atom stereocenters. The Bertz CT molecular complexity index is 821. The van der Waals surface area contributed by atoms with Crippen molar-refractivity contribution in [2.75, 3.05) is 26.8 Å². The van der Waals surface area contributed by atoms with Crippen LogP contribution in [0.5, 0.6) is 11.5 Å². The molecule has 0 saturated carbocycles. The third-order valence-electron chi connectivity index (χ3n) is 5.42. The number of likely N-dealkylation sites (tertiary alicyclic amines) is 1. The number of aliphatic hydroxyl groups is 1. The lowest BCUT2D eigenvalue weighted by atomic mass is 9.96. The summed E-state index contributed by atoms with van der Waals surface area (Å²) in [6.45, 7) is 5.70. The van der Waals surface area contributed by atoms with Crippen LogP contribution in [0.3, 0.4) is 0 Å². The minimum atomic E-state index is -0.951. The maximum Gasteiger partial charge on any atom is 0.222 e. The van der Waals surface area contributed by atoms with E-state index < -0.39 is 5.60 Å². The maximum absolute atomic E-state index is 12.0. The summed E-state index contributed by atoms with van der Waals surface area (Å²) < 4.78 is 11.0. The van der Waals surface area contributed by atoms with Crippen LogP contribution in [0.2, 0.25) is 0 Å². The Morgan fingerprint density at radius 2 is 1.97 bits per heavy atom. The standard InChI is InChI=1S/C22H30N2O4S/c1-4-20(25)24-13-5-11-22(26,12-14-24)21-23-16(2)19(29-21)10-15-28-18-8-6-17(27-3)7-9-18/h6-9,26H,4-5,10-15H2,1-3H3/t22-/m0/s1. The number of carbonyl (C=O) groups is 1. The van der Waals surface area contributed by atoms with E-state index in [0.29, 0.717) is 39.0 Å². The van der Waals surface area contributed by atoms with Crippen molar-refractivity contribution in [3.63, 3.8) is 0 Å². The second kappa shape index (κ2) is 9.59. The maximum atomic E-state index is 12.0. The van der Waals surface area contributed by atoms with E-state index in [-0.39, 0.29) is 5.91 Å². The summed E-state index contributed by atoms with van der Waals surface area (Å²) in [5.74, 6) is 1.76. The minimum absolute atomic E-state index is 0.154. The van der Waals surface area contributed by atoms with Crippen LogP contribution in [0.15, 0.2) is 24.3 Å². The molecule has 1 fully saturated rings. The van der Waals surface area contributed by atoms with E-state index in [1.165, 1.54) is 0 Å². The lowest BCUT2D eigenvalue weighted by molar-refractivity contribution is -0.131. The number of amides is 1. The molecular formula is C22H30N2O4S. The molecule has 1 aliphatic rings. The Balaban J connectivity index is 1.60. The van der Waals surface area contributed by atoms with E-state index in [1.807, 2.05) is 43.0 Å². The van der Waals surface area contributed by atoms with Crippen molar-refractivity contribution in [1.82, 2.24) is 9.88 Å². The van der Waals surface area contributed by atoms with Crippen molar-refractivity contribution in [2.45, 2.75) is 51.6 Å². The van der Waals surface area contributed by atoms with Gasteiger partial charge in [0.05, 0.1) is 19.4 Å². The van der Waals surface area contributed by atoms with Crippen LogP contribution in [0.25, 0.3) is 0 Å². The van der Waals surface area contributed by atoms with E-state index in [9.17, 15) is 9.90 Å². The van der Waals surface area contributed by atoms with Crippen molar-refractivity contribution in [3.8, 4) is 11.5 Å². The van der Waals surface area contributed by atoms with Crippen molar-refractivity contribution in [1.29, 1.82) is 0 Å². The van der Waals surface area contributed by atoms with Crippen LogP contribution >= 0.6 is 11.3 Å². The summed E-state index contributed by atoms with van der Waals surface area (Å²) in [6, 6.07) is 7.53. The van der Waals surface area contributed by atoms with E-state index in [1.54, 1.807) is 18.4 Å². The normalized spacial score (nSPS) is 19.7. The lowest BCUT2D eigenvalue weighted by Gasteiger charge is -2.24. The Labute approximate surface area is 176 Å². The van der Waals surface area contributed by atoms with Crippen molar-refractivity contribution >= 4 is 17.2 Å². The zero-order chi connectivity index (χ0) is 20.9. The molecular weight excluding hydrogens is 388 g/mol. The van der Waals surface area contributed by atoms with Crippen molar-refractivity contribution in [3.05, 3.63) is 39.8 Å². The van der Waals surface area contributed by atoms with Gasteiger partial charge in [-0.1, -0.05) is 6.92 Å². The average Bonchev–Trinajstić information content (AvgIpc) is 2.99. The molecule has 0 spiro atoms. The number of thiazole rings is 1. The SMILES string of the molecule is CCC(=O)N1CCC[C@@](O)(c2nc(C)c(CCOc3ccc(OC)cc3)s2)CC1. The highest BCUT2D eigenvalue weighted by Crippen LogP contribution is 2.36. The number of aryl methyl sites for hydroxylation is 1. The van der Waals surface area contributed by atoms with Gasteiger partial charge in [-0.05, 0) is 44.0 Å². The second-order valence-electron chi connectivity index (χ2n) is 7.42. The van der Waals surface area contributed by atoms with Gasteiger partial charge in [0.15, 0.2) is 0 Å². The molecule has 3 rings (SSSR count). The molecule has 7 heteroatoms. The number of rotatable bonds is 7. The summed E-state index contributed by atoms with van der Waals surface area (Å²) in [7, 11) is 1.64. The van der Waals surface area contributed by atoms with Gasteiger partial charge in [-0.2, -0.15) is 0 Å². The van der Waals surface area contributed by atoms with Gasteiger partial charge in [0.25, 0.3) is 0 Å². The molecule has 2 aromatic rings. The third-order valence-corrected chi connectivity index (χ3v) is 6.83. The van der Waals surface area contributed by atoms with Gasteiger partial charge >= 0.3 is 0 Å². The topological polar surface area (TPSA) is 71.9 Å². The fraction of sp³-hybridized carbons (Fsp3) is 0.545. The smallest absolute Gasteiger partial charge is 0.222 e. The highest BCUT2D eigenvalue weighted by molar-refractivity contribution is 7.11. The fourth-order valence-electron chi connectivity index (χ4n) is 3.60. The first kappa shape index (κ1) is 21.6. The zero-order valence-electron chi connectivity index (χ0n) is 17.4. The van der Waals surface area contributed by atoms with Crippen LogP contribution in [0, 0.1) is 6.92 Å². The third kappa shape index (κ3) is 5.28. The van der Waals surface area contributed by atoms with Crippen molar-refractivity contribution in [2.24, 2.45) is 0 Å². The predicted molar refractivity (Wildman–Crippen MR) is 114 cm³/mol. The zero-order valence-corrected chi connectivity index (χ0v) is 18.3. The minimum Gasteiger partial charge on any atom is -0.497 e. The molecule has 1 aromatic heterocycles. The number of benzene rings is 1. The summed E-state index contributed by atoms with van der Waals surface area (Å²) in [4.78, 5) is 19.7. The Morgan fingerprint density at radius 1 is 1.24 bits per heavy atom. The van der Waals surface area contributed by atoms with E-state index in [0.717, 1.165) is 39.9 Å². The summed E-state index contributed by atoms with van der Waals surface area (Å²) >= 11 is 1.57. The Morgan fingerprint density at radius 3 is 2.66 bits per heavy atom. The summed E-state index contributed by atoms with van der Waals surface area (Å²) in [5.41, 5.74) is -0.00435. The molecule has 0 radical (unpaired) electrons. The van der Waals surface area contributed by atoms with Gasteiger partial charge in [-0.15, -0.1) is 11.3 Å². The molecule has 1 aliphatic heterocycles. The molecule has 29 heavy (non-hydrogen) atoms. The largest absolute Gasteiger partial charge is 0.497 e. The van der Waals surface area contributed by atoms with E-state index >= 15 is 0 Å². The first-order chi connectivity index (χ1) is 13.9. The van der Waals surface area contributed by atoms with Gasteiger partial charge in [0, 0.05) is 37.2 Å². The van der Waals surface area contributed by atoms with Gasteiger partial charge in [0.2, 0.25) is 5.91 Å². The fourth-order valence-corrected chi connectivity index (χ4v) is 4.79. The molecule has 0 aliphatic carbocycles. The molecule has 6 nitrogen and oxygen atoms in total. The molecule has 1 saturated heterocycles. The van der Waals surface area contributed by atoms with Crippen LogP contribution in [0.4, 0.5) is 0 Å².